The van der Waals surface area contributed by atoms with Gasteiger partial charge in [-0.25, -0.2) is 0 Å². The number of rotatable bonds is 12. The fourth-order valence-electron chi connectivity index (χ4n) is 10.1. The van der Waals surface area contributed by atoms with Crippen molar-refractivity contribution in [3.05, 3.63) is 84.7 Å². The highest BCUT2D eigenvalue weighted by Gasteiger charge is 2.44. The minimum atomic E-state index is -1.86. The normalized spacial score (nSPS) is 21.4. The minimum Gasteiger partial charge on any atom is -0.332 e. The van der Waals surface area contributed by atoms with Crippen molar-refractivity contribution in [2.75, 3.05) is 36.0 Å². The van der Waals surface area contributed by atoms with E-state index < -0.39 is 19.9 Å². The molecule has 4 fully saturated rings. The van der Waals surface area contributed by atoms with Crippen LogP contribution in [0.25, 0.3) is 21.8 Å². The van der Waals surface area contributed by atoms with Gasteiger partial charge in [0, 0.05) is 55.8 Å². The van der Waals surface area contributed by atoms with E-state index >= 15 is 0 Å². The summed E-state index contributed by atoms with van der Waals surface area (Å²) < 4.78 is -3.67. The van der Waals surface area contributed by atoms with Crippen LogP contribution in [0, 0.1) is 11.8 Å². The molecule has 2 aliphatic heterocycles. The molecule has 0 bridgehead atoms. The highest BCUT2D eigenvalue weighted by molar-refractivity contribution is 7.80. The van der Waals surface area contributed by atoms with Gasteiger partial charge in [0.1, 0.15) is 0 Å². The van der Waals surface area contributed by atoms with Gasteiger partial charge in [0.15, 0.2) is 22.6 Å². The molecule has 0 radical (unpaired) electrons. The van der Waals surface area contributed by atoms with Gasteiger partial charge in [-0.3, -0.25) is 19.6 Å². The van der Waals surface area contributed by atoms with Gasteiger partial charge in [0.2, 0.25) is 19.4 Å². The Labute approximate surface area is 428 Å². The average molecular weight is 1050 g/mol. The first-order valence-electron chi connectivity index (χ1n) is 23.0. The first kappa shape index (κ1) is 49.5. The summed E-state index contributed by atoms with van der Waals surface area (Å²) in [4.78, 5) is 44.0. The summed E-state index contributed by atoms with van der Waals surface area (Å²) in [5.41, 5.74) is 4.55. The lowest BCUT2D eigenvalue weighted by Gasteiger charge is -2.44. The number of hydrogen-bond donors (Lipinski definition) is 2. The number of fused-ring (bicyclic) bond motifs is 2. The Bertz CT molecular complexity index is 2430. The van der Waals surface area contributed by atoms with E-state index in [0.29, 0.717) is 54.7 Å². The summed E-state index contributed by atoms with van der Waals surface area (Å²) in [6, 6.07) is 18.2. The highest BCUT2D eigenvalue weighted by atomic mass is 35.6. The molecule has 2 aliphatic carbocycles. The van der Waals surface area contributed by atoms with E-state index in [1.807, 2.05) is 69.4 Å². The quantitative estimate of drug-likeness (QED) is 0.0811. The smallest absolute Gasteiger partial charge is 0.245 e. The molecule has 2 amide bonds. The molecule has 2 aromatic carbocycles. The number of carbonyl (C=O) groups excluding carboxylic acids is 2. The molecule has 4 aromatic rings. The van der Waals surface area contributed by atoms with Gasteiger partial charge in [-0.15, -0.1) is 0 Å². The van der Waals surface area contributed by atoms with Crippen LogP contribution in [0.5, 0.6) is 0 Å². The van der Waals surface area contributed by atoms with Crippen LogP contribution in [-0.4, -0.2) is 87.9 Å². The number of nitrogens with one attached hydrogen (secondary N) is 2. The molecule has 2 unspecified atom stereocenters. The second-order valence-corrected chi connectivity index (χ2v) is 23.4. The number of nitrogens with zero attached hydrogens (tertiary/aromatic N) is 6. The maximum atomic E-state index is 13.5. The fraction of sp³-hybridized carbons (Fsp3) is 0.500. The molecule has 2 saturated heterocycles. The number of aromatic nitrogens is 2. The van der Waals surface area contributed by atoms with Crippen molar-refractivity contribution in [1.29, 1.82) is 0 Å². The summed E-state index contributed by atoms with van der Waals surface area (Å²) >= 11 is 51.3. The van der Waals surface area contributed by atoms with Gasteiger partial charge < -0.3 is 30.2 Å². The van der Waals surface area contributed by atoms with Gasteiger partial charge in [0.25, 0.3) is 0 Å². The maximum Gasteiger partial charge on any atom is 0.245 e. The van der Waals surface area contributed by atoms with Gasteiger partial charge in [0.05, 0.1) is 22.4 Å². The number of pyridine rings is 2. The Kier molecular flexibility index (Phi) is 16.3. The summed E-state index contributed by atoms with van der Waals surface area (Å²) in [6.45, 7) is 2.37. The van der Waals surface area contributed by atoms with E-state index in [1.54, 1.807) is 17.2 Å². The standard InChI is InChI=1S/C48H54Cl6N8O2S2/c49-47(50,51)43(57-39(63)22-18-31-9-2-1-3-10-31)62-28-8-26-60(46(62)66)38-15-5-12-35-29-36(30-56-42(35)38)33-20-16-32(17-21-33)19-23-40(64)58-44(48(52,53)54)61-27-7-25-59(45(61)65)37-14-4-11-34-13-6-24-55-41(34)37/h4-6,11-15,19,23-24,29-33,43-44H,1-3,7-10,16-18,20-22,25-28H2,(H,57,63)(H,58,64)/b23-19+. The summed E-state index contributed by atoms with van der Waals surface area (Å²) in [5.74, 6) is 0.597. The Morgan fingerprint density at radius 2 is 1.27 bits per heavy atom. The van der Waals surface area contributed by atoms with E-state index in [9.17, 15) is 9.59 Å². The number of alkyl halides is 6. The van der Waals surface area contributed by atoms with Crippen LogP contribution < -0.4 is 20.4 Å². The van der Waals surface area contributed by atoms with Crippen molar-refractivity contribution >= 4 is 149 Å². The van der Waals surface area contributed by atoms with Gasteiger partial charge >= 0.3 is 0 Å². The number of amides is 2. The van der Waals surface area contributed by atoms with Crippen molar-refractivity contribution in [3.8, 4) is 0 Å². The lowest BCUT2D eigenvalue weighted by molar-refractivity contribution is -0.123. The molecule has 2 N–H and O–H groups in total. The number of carbonyl (C=O) groups is 2. The molecule has 66 heavy (non-hydrogen) atoms. The van der Waals surface area contributed by atoms with Crippen LogP contribution in [0.15, 0.2) is 79.1 Å². The second kappa shape index (κ2) is 21.8. The molecule has 2 aromatic heterocycles. The molecule has 0 spiro atoms. The Morgan fingerprint density at radius 3 is 1.89 bits per heavy atom. The Hall–Kier alpha value is -2.94. The van der Waals surface area contributed by atoms with Crippen molar-refractivity contribution in [1.82, 2.24) is 30.4 Å². The molecule has 8 rings (SSSR count). The second-order valence-electron chi connectivity index (χ2n) is 17.9. The zero-order chi connectivity index (χ0) is 46.6. The molecular formula is C48H54Cl6N8O2S2. The number of thiocarbonyl (C=S) groups is 2. The molecular weight excluding hydrogens is 997 g/mol. The predicted molar refractivity (Wildman–Crippen MR) is 280 cm³/mol. The van der Waals surface area contributed by atoms with Crippen LogP contribution in [-0.2, 0) is 9.59 Å². The third-order valence-electron chi connectivity index (χ3n) is 13.5. The number of hydrogen-bond acceptors (Lipinski definition) is 6. The van der Waals surface area contributed by atoms with Gasteiger partial charge in [-0.05, 0) is 123 Å². The van der Waals surface area contributed by atoms with Crippen LogP contribution in [0.4, 0.5) is 11.4 Å². The molecule has 10 nitrogen and oxygen atoms in total. The number of allylic oxidation sites excluding steroid dienone is 1. The van der Waals surface area contributed by atoms with Crippen molar-refractivity contribution in [2.24, 2.45) is 11.8 Å². The Balaban J connectivity index is 0.877. The molecule has 352 valence electrons. The van der Waals surface area contributed by atoms with E-state index in [2.05, 4.69) is 27.8 Å². The van der Waals surface area contributed by atoms with E-state index in [4.69, 9.17) is 99.0 Å². The van der Waals surface area contributed by atoms with E-state index in [-0.39, 0.29) is 17.7 Å². The van der Waals surface area contributed by atoms with Gasteiger partial charge in [-0.2, -0.15) is 0 Å². The third-order valence-corrected chi connectivity index (χ3v) is 15.7. The fourth-order valence-corrected chi connectivity index (χ4v) is 11.9. The monoisotopic (exact) mass is 1050 g/mol. The van der Waals surface area contributed by atoms with Crippen LogP contribution in [0.2, 0.25) is 0 Å². The molecule has 4 heterocycles. The number of para-hydroxylation sites is 2. The first-order valence-corrected chi connectivity index (χ1v) is 26.0. The minimum absolute atomic E-state index is 0.139. The van der Waals surface area contributed by atoms with Crippen molar-refractivity contribution < 1.29 is 9.59 Å². The summed E-state index contributed by atoms with van der Waals surface area (Å²) in [5, 5.41) is 8.88. The predicted octanol–water partition coefficient (Wildman–Crippen LogP) is 11.9. The molecule has 4 aliphatic rings. The summed E-state index contributed by atoms with van der Waals surface area (Å²) in [7, 11) is 0. The largest absolute Gasteiger partial charge is 0.332 e. The topological polar surface area (TPSA) is 96.9 Å². The average Bonchev–Trinajstić information content (AvgIpc) is 3.31. The zero-order valence-corrected chi connectivity index (χ0v) is 42.7. The highest BCUT2D eigenvalue weighted by Crippen LogP contribution is 2.40. The number of anilines is 2. The van der Waals surface area contributed by atoms with Crippen LogP contribution in [0.3, 0.4) is 0 Å². The number of benzene rings is 2. The molecule has 2 saturated carbocycles. The first-order chi connectivity index (χ1) is 31.7. The zero-order valence-electron chi connectivity index (χ0n) is 36.5. The Morgan fingerprint density at radius 1 is 0.697 bits per heavy atom. The molecule has 2 atom stereocenters. The van der Waals surface area contributed by atoms with Crippen LogP contribution >= 0.6 is 94.0 Å². The van der Waals surface area contributed by atoms with Crippen molar-refractivity contribution in [3.63, 3.8) is 0 Å². The van der Waals surface area contributed by atoms with E-state index in [0.717, 1.165) is 78.1 Å². The summed E-state index contributed by atoms with van der Waals surface area (Å²) in [6.07, 6.45) is 17.8. The van der Waals surface area contributed by atoms with E-state index in [1.165, 1.54) is 37.7 Å². The van der Waals surface area contributed by atoms with Crippen molar-refractivity contribution in [2.45, 2.75) is 109 Å². The number of halogens is 6. The van der Waals surface area contributed by atoms with Gasteiger partial charge in [-0.1, -0.05) is 138 Å². The third kappa shape index (κ3) is 11.7. The lowest BCUT2D eigenvalue weighted by atomic mass is 9.79. The maximum absolute atomic E-state index is 13.5. The lowest BCUT2D eigenvalue weighted by Crippen LogP contribution is -2.62. The molecule has 18 heteroatoms. The SMILES string of the molecule is O=C(/C=C/C1CCC(c2cnc3c(N4CCCN(C(NC(=O)CCC5CCCCC5)C(Cl)(Cl)Cl)C4=S)cccc3c2)CC1)NC(N1CCCN(c2cccc3cccnc23)C1=S)C(Cl)(Cl)Cl. The van der Waals surface area contributed by atoms with Crippen LogP contribution in [0.1, 0.15) is 95.0 Å².